The summed E-state index contributed by atoms with van der Waals surface area (Å²) in [6.07, 6.45) is 8.38. The molecule has 0 aliphatic carbocycles. The molecule has 0 radical (unpaired) electrons. The van der Waals surface area contributed by atoms with Crippen molar-refractivity contribution < 1.29 is 0 Å². The molecule has 0 bridgehead atoms. The van der Waals surface area contributed by atoms with E-state index in [1.54, 1.807) is 0 Å². The highest BCUT2D eigenvalue weighted by atomic mass is 31.0. The maximum absolute atomic E-state index is 3.47. The SMILES string of the molecule is PC1CCCCCNCCC1. The van der Waals surface area contributed by atoms with Crippen LogP contribution in [0, 0.1) is 0 Å². The molecule has 1 aliphatic heterocycles. The van der Waals surface area contributed by atoms with Gasteiger partial charge in [-0.15, -0.1) is 9.24 Å². The average molecular weight is 173 g/mol. The fourth-order valence-corrected chi connectivity index (χ4v) is 2.06. The van der Waals surface area contributed by atoms with E-state index < -0.39 is 0 Å². The van der Waals surface area contributed by atoms with Crippen LogP contribution in [0.1, 0.15) is 38.5 Å². The largest absolute Gasteiger partial charge is 0.317 e. The lowest BCUT2D eigenvalue weighted by Gasteiger charge is -2.13. The summed E-state index contributed by atoms with van der Waals surface area (Å²) in [6, 6.07) is 0. The minimum Gasteiger partial charge on any atom is -0.317 e. The summed E-state index contributed by atoms with van der Waals surface area (Å²) in [4.78, 5) is 0. The third-order valence-electron chi connectivity index (χ3n) is 2.36. The first-order chi connectivity index (χ1) is 5.39. The molecule has 2 unspecified atom stereocenters. The van der Waals surface area contributed by atoms with E-state index in [-0.39, 0.29) is 0 Å². The van der Waals surface area contributed by atoms with E-state index in [4.69, 9.17) is 0 Å². The summed E-state index contributed by atoms with van der Waals surface area (Å²) in [5.74, 6) is 0. The Morgan fingerprint density at radius 1 is 0.909 bits per heavy atom. The van der Waals surface area contributed by atoms with E-state index in [0.717, 1.165) is 5.66 Å². The zero-order valence-corrected chi connectivity index (χ0v) is 8.47. The Bertz CT molecular complexity index is 85.6. The van der Waals surface area contributed by atoms with Crippen LogP contribution in [0.25, 0.3) is 0 Å². The predicted molar refractivity (Wildman–Crippen MR) is 54.1 cm³/mol. The lowest BCUT2D eigenvalue weighted by molar-refractivity contribution is 0.521. The molecular weight excluding hydrogens is 153 g/mol. The first kappa shape index (κ1) is 9.48. The van der Waals surface area contributed by atoms with Crippen molar-refractivity contribution >= 4 is 9.24 Å². The second-order valence-corrected chi connectivity index (χ2v) is 4.44. The molecule has 2 atom stereocenters. The number of hydrogen-bond acceptors (Lipinski definition) is 1. The van der Waals surface area contributed by atoms with Gasteiger partial charge in [-0.25, -0.2) is 0 Å². The van der Waals surface area contributed by atoms with Gasteiger partial charge in [0.25, 0.3) is 0 Å². The maximum atomic E-state index is 3.47. The molecule has 1 nitrogen and oxygen atoms in total. The predicted octanol–water partition coefficient (Wildman–Crippen LogP) is 2.17. The van der Waals surface area contributed by atoms with Gasteiger partial charge in [0.2, 0.25) is 0 Å². The highest BCUT2D eigenvalue weighted by Crippen LogP contribution is 2.16. The minimum atomic E-state index is 0.884. The second kappa shape index (κ2) is 5.97. The van der Waals surface area contributed by atoms with Crippen molar-refractivity contribution in [2.75, 3.05) is 13.1 Å². The summed E-state index contributed by atoms with van der Waals surface area (Å²) in [5, 5.41) is 3.47. The Labute approximate surface area is 72.5 Å². The van der Waals surface area contributed by atoms with Crippen molar-refractivity contribution in [2.45, 2.75) is 44.2 Å². The fraction of sp³-hybridized carbons (Fsp3) is 1.00. The van der Waals surface area contributed by atoms with Crippen LogP contribution >= 0.6 is 9.24 Å². The van der Waals surface area contributed by atoms with Crippen molar-refractivity contribution in [1.82, 2.24) is 5.32 Å². The summed E-state index contributed by atoms with van der Waals surface area (Å²) in [5.41, 5.74) is 0.884. The third kappa shape index (κ3) is 4.76. The van der Waals surface area contributed by atoms with Crippen molar-refractivity contribution in [3.05, 3.63) is 0 Å². The topological polar surface area (TPSA) is 12.0 Å². The first-order valence-electron chi connectivity index (χ1n) is 4.86. The van der Waals surface area contributed by atoms with Gasteiger partial charge in [-0.1, -0.05) is 12.8 Å². The van der Waals surface area contributed by atoms with E-state index >= 15 is 0 Å². The van der Waals surface area contributed by atoms with Crippen LogP contribution in [0.2, 0.25) is 0 Å². The van der Waals surface area contributed by atoms with Crippen LogP contribution < -0.4 is 5.32 Å². The Kier molecular flexibility index (Phi) is 5.14. The molecule has 1 heterocycles. The monoisotopic (exact) mass is 173 g/mol. The Hall–Kier alpha value is 0.390. The van der Waals surface area contributed by atoms with Gasteiger partial charge in [-0.05, 0) is 44.4 Å². The van der Waals surface area contributed by atoms with E-state index in [2.05, 4.69) is 14.6 Å². The van der Waals surface area contributed by atoms with E-state index in [1.165, 1.54) is 51.6 Å². The van der Waals surface area contributed by atoms with Crippen molar-refractivity contribution in [1.29, 1.82) is 0 Å². The molecule has 0 aromatic rings. The molecule has 1 N–H and O–H groups in total. The fourth-order valence-electron chi connectivity index (χ4n) is 1.59. The van der Waals surface area contributed by atoms with E-state index in [1.807, 2.05) is 0 Å². The molecule has 0 aromatic carbocycles. The molecule has 1 rings (SSSR count). The molecule has 1 saturated heterocycles. The van der Waals surface area contributed by atoms with Crippen molar-refractivity contribution in [3.63, 3.8) is 0 Å². The molecule has 2 heteroatoms. The van der Waals surface area contributed by atoms with Gasteiger partial charge >= 0.3 is 0 Å². The molecule has 1 fully saturated rings. The molecule has 0 saturated carbocycles. The summed E-state index contributed by atoms with van der Waals surface area (Å²) in [7, 11) is 2.97. The second-order valence-electron chi connectivity index (χ2n) is 3.50. The molecule has 0 amide bonds. The Morgan fingerprint density at radius 3 is 2.55 bits per heavy atom. The van der Waals surface area contributed by atoms with Gasteiger partial charge in [0.15, 0.2) is 0 Å². The zero-order chi connectivity index (χ0) is 7.94. The van der Waals surface area contributed by atoms with Crippen LogP contribution in [-0.2, 0) is 0 Å². The lowest BCUT2D eigenvalue weighted by atomic mass is 10.1. The van der Waals surface area contributed by atoms with Gasteiger partial charge < -0.3 is 5.32 Å². The quantitative estimate of drug-likeness (QED) is 0.554. The third-order valence-corrected chi connectivity index (χ3v) is 3.02. The molecular formula is C9H20NP. The van der Waals surface area contributed by atoms with Crippen LogP contribution in [0.3, 0.4) is 0 Å². The van der Waals surface area contributed by atoms with Gasteiger partial charge in [0.05, 0.1) is 0 Å². The molecule has 0 aromatic heterocycles. The molecule has 0 spiro atoms. The summed E-state index contributed by atoms with van der Waals surface area (Å²) < 4.78 is 0. The van der Waals surface area contributed by atoms with E-state index in [0.29, 0.717) is 0 Å². The highest BCUT2D eigenvalue weighted by molar-refractivity contribution is 7.17. The Morgan fingerprint density at radius 2 is 1.64 bits per heavy atom. The highest BCUT2D eigenvalue weighted by Gasteiger charge is 2.03. The maximum Gasteiger partial charge on any atom is -0.00487 e. The minimum absolute atomic E-state index is 0.884. The average Bonchev–Trinajstić information content (AvgIpc) is 2.03. The first-order valence-corrected chi connectivity index (χ1v) is 5.52. The van der Waals surface area contributed by atoms with Crippen LogP contribution in [0.15, 0.2) is 0 Å². The van der Waals surface area contributed by atoms with Gasteiger partial charge in [-0.3, -0.25) is 0 Å². The Balaban J connectivity index is 2.12. The summed E-state index contributed by atoms with van der Waals surface area (Å²) >= 11 is 0. The van der Waals surface area contributed by atoms with Crippen LogP contribution in [-0.4, -0.2) is 18.7 Å². The van der Waals surface area contributed by atoms with Crippen molar-refractivity contribution in [3.8, 4) is 0 Å². The zero-order valence-electron chi connectivity index (χ0n) is 7.31. The van der Waals surface area contributed by atoms with Crippen LogP contribution in [0.4, 0.5) is 0 Å². The molecule has 66 valence electrons. The van der Waals surface area contributed by atoms with Gasteiger partial charge in [-0.2, -0.15) is 0 Å². The number of hydrogen-bond donors (Lipinski definition) is 1. The van der Waals surface area contributed by atoms with E-state index in [9.17, 15) is 0 Å². The van der Waals surface area contributed by atoms with Crippen molar-refractivity contribution in [2.24, 2.45) is 0 Å². The lowest BCUT2D eigenvalue weighted by Crippen LogP contribution is -2.18. The van der Waals surface area contributed by atoms with Gasteiger partial charge in [0.1, 0.15) is 0 Å². The van der Waals surface area contributed by atoms with Gasteiger partial charge in [0, 0.05) is 0 Å². The smallest absolute Gasteiger partial charge is 0.00487 e. The normalized spacial score (nSPS) is 29.7. The van der Waals surface area contributed by atoms with Crippen LogP contribution in [0.5, 0.6) is 0 Å². The number of nitrogens with one attached hydrogen (secondary N) is 1. The standard InChI is InChI=1S/C9H20NP/c11-9-5-2-1-3-7-10-8-4-6-9/h9-10H,1-8,11H2. The molecule has 11 heavy (non-hydrogen) atoms. The number of rotatable bonds is 0. The molecule has 1 aliphatic rings. The summed E-state index contributed by atoms with van der Waals surface area (Å²) in [6.45, 7) is 2.46.